The van der Waals surface area contributed by atoms with E-state index >= 15 is 0 Å². The third-order valence-corrected chi connectivity index (χ3v) is 5.91. The van der Waals surface area contributed by atoms with Gasteiger partial charge in [-0.05, 0) is 29.3 Å². The zero-order valence-corrected chi connectivity index (χ0v) is 13.5. The van der Waals surface area contributed by atoms with Crippen LogP contribution in [0.15, 0.2) is 53.4 Å². The Bertz CT molecular complexity index is 864. The maximum Gasteiger partial charge on any atom is 0.304 e. The molecule has 0 bridgehead atoms. The first kappa shape index (κ1) is 16.4. The van der Waals surface area contributed by atoms with Crippen molar-refractivity contribution in [1.82, 2.24) is 0 Å². The van der Waals surface area contributed by atoms with E-state index in [4.69, 9.17) is 5.11 Å². The number of carbonyl (C=O) groups is 1. The normalized spacial score (nSPS) is 16.9. The van der Waals surface area contributed by atoms with E-state index < -0.39 is 28.6 Å². The molecule has 126 valence electrons. The molecule has 2 aromatic rings. The quantitative estimate of drug-likeness (QED) is 0.901. The third-order valence-electron chi connectivity index (χ3n) is 4.12. The number of carboxylic acid groups (broad SMARTS) is 1. The van der Waals surface area contributed by atoms with Gasteiger partial charge in [-0.2, -0.15) is 0 Å². The van der Waals surface area contributed by atoms with Gasteiger partial charge >= 0.3 is 5.97 Å². The molecule has 0 aliphatic carbocycles. The largest absolute Gasteiger partial charge is 0.481 e. The number of hydrogen-bond donors (Lipinski definition) is 1. The molecule has 0 saturated heterocycles. The summed E-state index contributed by atoms with van der Waals surface area (Å²) in [5.74, 6) is -1.36. The van der Waals surface area contributed by atoms with Gasteiger partial charge in [-0.3, -0.25) is 9.10 Å². The molecule has 1 aliphatic rings. The zero-order chi connectivity index (χ0) is 17.3. The van der Waals surface area contributed by atoms with E-state index in [-0.39, 0.29) is 17.9 Å². The Balaban J connectivity index is 2.00. The fraction of sp³-hybridized carbons (Fsp3) is 0.235. The number of anilines is 1. The Hall–Kier alpha value is -2.41. The molecule has 2 aromatic carbocycles. The molecule has 24 heavy (non-hydrogen) atoms. The van der Waals surface area contributed by atoms with Crippen LogP contribution in [-0.4, -0.2) is 26.0 Å². The molecule has 0 aromatic heterocycles. The van der Waals surface area contributed by atoms with E-state index in [1.54, 1.807) is 24.3 Å². The van der Waals surface area contributed by atoms with Gasteiger partial charge in [0.15, 0.2) is 0 Å². The number of hydrogen-bond acceptors (Lipinski definition) is 3. The third kappa shape index (κ3) is 2.87. The number of fused-ring (bicyclic) bond motifs is 1. The summed E-state index contributed by atoms with van der Waals surface area (Å²) in [6.45, 7) is -0.577. The van der Waals surface area contributed by atoms with Crippen molar-refractivity contribution in [3.8, 4) is 0 Å². The highest BCUT2D eigenvalue weighted by molar-refractivity contribution is 7.92. The van der Waals surface area contributed by atoms with Crippen LogP contribution < -0.4 is 4.31 Å². The lowest BCUT2D eigenvalue weighted by Crippen LogP contribution is -2.30. The van der Waals surface area contributed by atoms with Crippen LogP contribution in [0.3, 0.4) is 0 Å². The van der Waals surface area contributed by atoms with E-state index in [1.807, 2.05) is 0 Å². The van der Waals surface area contributed by atoms with Gasteiger partial charge in [0.05, 0.1) is 17.0 Å². The van der Waals surface area contributed by atoms with Crippen LogP contribution in [0, 0.1) is 0 Å². The summed E-state index contributed by atoms with van der Waals surface area (Å²) in [5, 5.41) is 9.06. The Morgan fingerprint density at radius 1 is 1.17 bits per heavy atom. The summed E-state index contributed by atoms with van der Waals surface area (Å²) in [6, 6.07) is 12.5. The number of halogens is 1. The first-order chi connectivity index (χ1) is 11.4. The molecule has 0 fully saturated rings. The Kier molecular flexibility index (Phi) is 4.28. The second-order valence-corrected chi connectivity index (χ2v) is 7.53. The summed E-state index contributed by atoms with van der Waals surface area (Å²) in [7, 11) is -3.83. The minimum atomic E-state index is -3.83. The molecule has 5 nitrogen and oxygen atoms in total. The minimum Gasteiger partial charge on any atom is -0.481 e. The Labute approximate surface area is 139 Å². The SMILES string of the molecule is O=C(O)CC1CN(S(=O)(=O)c2ccc(CF)cc2)c2ccccc21. The zero-order valence-electron chi connectivity index (χ0n) is 12.7. The molecule has 1 N–H and O–H groups in total. The van der Waals surface area contributed by atoms with Gasteiger partial charge in [0.1, 0.15) is 6.67 Å². The standard InChI is InChI=1S/C17H16FNO4S/c18-10-12-5-7-14(8-6-12)24(22,23)19-11-13(9-17(20)21)15-3-1-2-4-16(15)19/h1-8,13H,9-11H2,(H,20,21). The van der Waals surface area contributed by atoms with Gasteiger partial charge in [-0.25, -0.2) is 12.8 Å². The molecule has 1 unspecified atom stereocenters. The van der Waals surface area contributed by atoms with Crippen LogP contribution in [0.2, 0.25) is 0 Å². The number of rotatable bonds is 5. The van der Waals surface area contributed by atoms with Gasteiger partial charge < -0.3 is 5.11 Å². The molecule has 0 spiro atoms. The number of nitrogens with zero attached hydrogens (tertiary/aromatic N) is 1. The van der Waals surface area contributed by atoms with Gasteiger partial charge in [0.25, 0.3) is 10.0 Å². The second kappa shape index (κ2) is 6.24. The number of para-hydroxylation sites is 1. The van der Waals surface area contributed by atoms with E-state index in [9.17, 15) is 17.6 Å². The van der Waals surface area contributed by atoms with Crippen molar-refractivity contribution in [1.29, 1.82) is 0 Å². The smallest absolute Gasteiger partial charge is 0.304 e. The van der Waals surface area contributed by atoms with Crippen molar-refractivity contribution in [2.75, 3.05) is 10.8 Å². The van der Waals surface area contributed by atoms with Crippen LogP contribution >= 0.6 is 0 Å². The number of alkyl halides is 1. The molecule has 7 heteroatoms. The monoisotopic (exact) mass is 349 g/mol. The summed E-state index contributed by atoms with van der Waals surface area (Å²) in [6.07, 6.45) is -0.135. The van der Waals surface area contributed by atoms with Crippen LogP contribution in [0.4, 0.5) is 10.1 Å². The van der Waals surface area contributed by atoms with E-state index in [1.165, 1.54) is 28.6 Å². The van der Waals surface area contributed by atoms with Crippen LogP contribution in [0.25, 0.3) is 0 Å². The van der Waals surface area contributed by atoms with Crippen molar-refractivity contribution in [3.63, 3.8) is 0 Å². The number of aliphatic carboxylic acids is 1. The summed E-state index contributed by atoms with van der Waals surface area (Å²) in [4.78, 5) is 11.1. The van der Waals surface area contributed by atoms with Crippen LogP contribution in [-0.2, 0) is 21.5 Å². The lowest BCUT2D eigenvalue weighted by Gasteiger charge is -2.20. The first-order valence-electron chi connectivity index (χ1n) is 7.42. The topological polar surface area (TPSA) is 74.7 Å². The fourth-order valence-corrected chi connectivity index (χ4v) is 4.48. The predicted molar refractivity (Wildman–Crippen MR) is 87.2 cm³/mol. The molecule has 1 heterocycles. The Morgan fingerprint density at radius 2 is 1.83 bits per heavy atom. The van der Waals surface area contributed by atoms with Crippen LogP contribution in [0.1, 0.15) is 23.5 Å². The van der Waals surface area contributed by atoms with Gasteiger partial charge in [-0.1, -0.05) is 30.3 Å². The van der Waals surface area contributed by atoms with Gasteiger partial charge in [0, 0.05) is 12.5 Å². The van der Waals surface area contributed by atoms with Crippen molar-refractivity contribution in [3.05, 3.63) is 59.7 Å². The molecule has 0 saturated carbocycles. The van der Waals surface area contributed by atoms with E-state index in [0.29, 0.717) is 16.8 Å². The van der Waals surface area contributed by atoms with Gasteiger partial charge in [0.2, 0.25) is 0 Å². The molecule has 1 aliphatic heterocycles. The molecule has 1 atom stereocenters. The highest BCUT2D eigenvalue weighted by atomic mass is 32.2. The molecular weight excluding hydrogens is 333 g/mol. The summed E-state index contributed by atoms with van der Waals surface area (Å²) < 4.78 is 39.7. The minimum absolute atomic E-state index is 0.0606. The fourth-order valence-electron chi connectivity index (χ4n) is 2.95. The maximum absolute atomic E-state index is 12.9. The van der Waals surface area contributed by atoms with Crippen molar-refractivity contribution >= 4 is 21.7 Å². The number of carboxylic acids is 1. The molecule has 0 radical (unpaired) electrons. The van der Waals surface area contributed by atoms with Gasteiger partial charge in [-0.15, -0.1) is 0 Å². The second-order valence-electron chi connectivity index (χ2n) is 5.67. The lowest BCUT2D eigenvalue weighted by atomic mass is 9.98. The summed E-state index contributed by atoms with van der Waals surface area (Å²) in [5.41, 5.74) is 1.61. The van der Waals surface area contributed by atoms with Crippen LogP contribution in [0.5, 0.6) is 0 Å². The summed E-state index contributed by atoms with van der Waals surface area (Å²) >= 11 is 0. The highest BCUT2D eigenvalue weighted by Crippen LogP contribution is 2.40. The Morgan fingerprint density at radius 3 is 2.46 bits per heavy atom. The van der Waals surface area contributed by atoms with E-state index in [0.717, 1.165) is 0 Å². The van der Waals surface area contributed by atoms with Crippen molar-refractivity contribution in [2.24, 2.45) is 0 Å². The number of benzene rings is 2. The molecular formula is C17H16FNO4S. The van der Waals surface area contributed by atoms with E-state index in [2.05, 4.69) is 0 Å². The van der Waals surface area contributed by atoms with Crippen molar-refractivity contribution < 1.29 is 22.7 Å². The predicted octanol–water partition coefficient (Wildman–Crippen LogP) is 2.92. The highest BCUT2D eigenvalue weighted by Gasteiger charge is 2.37. The average Bonchev–Trinajstić information content (AvgIpc) is 2.94. The molecule has 0 amide bonds. The molecule has 3 rings (SSSR count). The van der Waals surface area contributed by atoms with Crippen molar-refractivity contribution in [2.45, 2.75) is 23.9 Å². The number of sulfonamides is 1. The lowest BCUT2D eigenvalue weighted by molar-refractivity contribution is -0.137. The first-order valence-corrected chi connectivity index (χ1v) is 8.86. The average molecular weight is 349 g/mol. The maximum atomic E-state index is 12.9.